The summed E-state index contributed by atoms with van der Waals surface area (Å²) in [5.74, 6) is 0. The zero-order valence-electron chi connectivity index (χ0n) is 28.4. The molecule has 0 saturated heterocycles. The van der Waals surface area contributed by atoms with Crippen LogP contribution in [0.3, 0.4) is 0 Å². The van der Waals surface area contributed by atoms with E-state index in [4.69, 9.17) is 10.2 Å². The zero-order chi connectivity index (χ0) is 33.0. The Kier molecular flexibility index (Phi) is 19.4. The van der Waals surface area contributed by atoms with Crippen molar-refractivity contribution in [3.8, 4) is 0 Å². The predicted octanol–water partition coefficient (Wildman–Crippen LogP) is 10.7. The molecule has 0 atom stereocenters. The monoisotopic (exact) mass is 722 g/mol. The molecule has 5 rings (SSSR count). The van der Waals surface area contributed by atoms with Crippen LogP contribution in [0.5, 0.6) is 0 Å². The summed E-state index contributed by atoms with van der Waals surface area (Å²) in [7, 11) is 0. The standard InChI is InChI=1S/C28H36N2.2C7H8O.Pd/c1-4-7-12-22-14-10-17-24(19-22)27-21-26(16-9-6-3)28(30(27)29)25-18-11-15-23(20-25)13-8-5-2;2*8-6-7-4-2-1-3-5-7;/h10-11,14-15,17-21H,4-9,12-13,16H2,1-3H3;2*1-5,8H,6H2;. The first kappa shape index (κ1) is 39.7. The van der Waals surface area contributed by atoms with Gasteiger partial charge in [0, 0.05) is 43.2 Å². The van der Waals surface area contributed by atoms with Crippen LogP contribution in [-0.4, -0.2) is 14.9 Å². The van der Waals surface area contributed by atoms with E-state index in [9.17, 15) is 5.53 Å². The van der Waals surface area contributed by atoms with Crippen molar-refractivity contribution in [3.05, 3.63) is 160 Å². The van der Waals surface area contributed by atoms with Gasteiger partial charge < -0.3 is 15.7 Å². The molecule has 1 aliphatic rings. The molecule has 252 valence electrons. The Morgan fingerprint density at radius 3 is 1.40 bits per heavy atom. The third-order valence-electron chi connectivity index (χ3n) is 7.97. The van der Waals surface area contributed by atoms with Crippen LogP contribution in [0.2, 0.25) is 0 Å². The molecule has 0 radical (unpaired) electrons. The number of allylic oxidation sites excluding steroid dienone is 2. The van der Waals surface area contributed by atoms with Gasteiger partial charge in [0.05, 0.1) is 13.2 Å². The summed E-state index contributed by atoms with van der Waals surface area (Å²) in [6.45, 7) is 6.96. The van der Waals surface area contributed by atoms with Crippen molar-refractivity contribution >= 4 is 11.4 Å². The molecule has 4 aromatic rings. The average Bonchev–Trinajstić information content (AvgIpc) is 3.45. The number of rotatable bonds is 13. The average molecular weight is 723 g/mol. The van der Waals surface area contributed by atoms with Gasteiger partial charge in [0.25, 0.3) is 0 Å². The molecule has 0 spiro atoms. The molecule has 0 bridgehead atoms. The molecular formula is C42H52N2O2Pd. The van der Waals surface area contributed by atoms with E-state index < -0.39 is 0 Å². The molecule has 5 heteroatoms. The van der Waals surface area contributed by atoms with Gasteiger partial charge in [-0.1, -0.05) is 125 Å². The van der Waals surface area contributed by atoms with Crippen LogP contribution in [-0.2, 0) is 46.5 Å². The van der Waals surface area contributed by atoms with Crippen molar-refractivity contribution in [2.24, 2.45) is 0 Å². The van der Waals surface area contributed by atoms with Crippen molar-refractivity contribution in [2.75, 3.05) is 0 Å². The third-order valence-corrected chi connectivity index (χ3v) is 7.97. The zero-order valence-corrected chi connectivity index (χ0v) is 29.9. The number of benzene rings is 4. The molecule has 2 N–H and O–H groups in total. The topological polar surface area (TPSA) is 65.8 Å². The third kappa shape index (κ3) is 13.3. The molecule has 0 fully saturated rings. The van der Waals surface area contributed by atoms with Gasteiger partial charge in [0.2, 0.25) is 11.4 Å². The minimum Gasteiger partial charge on any atom is -0.493 e. The molecule has 4 aromatic carbocycles. The SMILES string of the molecule is CCCCC1=C(c2cccc(CCCC)c2)[N+](=[N-])C(c2cccc(CCCC)c2)=C1.OCc1ccccc1.OCc1ccccc1.[Pd]. The summed E-state index contributed by atoms with van der Waals surface area (Å²) >= 11 is 0. The van der Waals surface area contributed by atoms with Crippen molar-refractivity contribution < 1.29 is 35.3 Å². The van der Waals surface area contributed by atoms with Gasteiger partial charge in [-0.25, -0.2) is 4.70 Å². The van der Waals surface area contributed by atoms with E-state index >= 15 is 0 Å². The second kappa shape index (κ2) is 23.0. The normalized spacial score (nSPS) is 11.9. The quantitative estimate of drug-likeness (QED) is 0.107. The fourth-order valence-electron chi connectivity index (χ4n) is 5.31. The molecule has 0 amide bonds. The molecule has 1 aliphatic heterocycles. The molecule has 1 heterocycles. The second-order valence-corrected chi connectivity index (χ2v) is 11.7. The number of hydrogen-bond acceptors (Lipinski definition) is 2. The van der Waals surface area contributed by atoms with E-state index in [0.29, 0.717) is 0 Å². The smallest absolute Gasteiger partial charge is 0.210 e. The molecule has 0 unspecified atom stereocenters. The van der Waals surface area contributed by atoms with E-state index in [1.165, 1.54) is 47.1 Å². The Morgan fingerprint density at radius 1 is 0.532 bits per heavy atom. The van der Waals surface area contributed by atoms with Crippen molar-refractivity contribution in [1.82, 2.24) is 0 Å². The first-order chi connectivity index (χ1) is 22.5. The minimum atomic E-state index is 0. The van der Waals surface area contributed by atoms with Crippen molar-refractivity contribution in [2.45, 2.75) is 91.8 Å². The Bertz CT molecular complexity index is 1490. The van der Waals surface area contributed by atoms with Crippen LogP contribution in [0.4, 0.5) is 0 Å². The first-order valence-electron chi connectivity index (χ1n) is 17.0. The Balaban J connectivity index is 0.000000367. The maximum atomic E-state index is 11.3. The maximum Gasteiger partial charge on any atom is 0.210 e. The second-order valence-electron chi connectivity index (χ2n) is 11.7. The van der Waals surface area contributed by atoms with Gasteiger partial charge >= 0.3 is 0 Å². The van der Waals surface area contributed by atoms with Crippen LogP contribution in [0.25, 0.3) is 16.9 Å². The van der Waals surface area contributed by atoms with Gasteiger partial charge in [-0.05, 0) is 85.0 Å². The van der Waals surface area contributed by atoms with E-state index in [0.717, 1.165) is 65.8 Å². The van der Waals surface area contributed by atoms with Crippen molar-refractivity contribution in [1.29, 1.82) is 0 Å². The minimum absolute atomic E-state index is 0. The Morgan fingerprint density at radius 2 is 0.957 bits per heavy atom. The summed E-state index contributed by atoms with van der Waals surface area (Å²) in [4.78, 5) is 0. The predicted molar refractivity (Wildman–Crippen MR) is 193 cm³/mol. The molecule has 47 heavy (non-hydrogen) atoms. The largest absolute Gasteiger partial charge is 0.493 e. The number of unbranched alkanes of at least 4 members (excludes halogenated alkanes) is 3. The molecule has 0 saturated carbocycles. The summed E-state index contributed by atoms with van der Waals surface area (Å²) in [5, 5.41) is 17.1. The number of aliphatic hydroxyl groups is 2. The van der Waals surface area contributed by atoms with Crippen LogP contribution in [0.1, 0.15) is 99.1 Å². The van der Waals surface area contributed by atoms with Gasteiger partial charge in [-0.2, -0.15) is 0 Å². The van der Waals surface area contributed by atoms with Crippen LogP contribution >= 0.6 is 0 Å². The summed E-state index contributed by atoms with van der Waals surface area (Å²) in [6, 6.07) is 36.4. The van der Waals surface area contributed by atoms with Crippen LogP contribution in [0.15, 0.2) is 121 Å². The van der Waals surface area contributed by atoms with Gasteiger partial charge in [0.1, 0.15) is 0 Å². The Hall–Kier alpha value is -3.46. The number of nitrogens with zero attached hydrogens (tertiary/aromatic N) is 2. The fourth-order valence-corrected chi connectivity index (χ4v) is 5.31. The number of aryl methyl sites for hydroxylation is 2. The van der Waals surface area contributed by atoms with E-state index in [-0.39, 0.29) is 33.6 Å². The van der Waals surface area contributed by atoms with Crippen LogP contribution < -0.4 is 0 Å². The fraction of sp³-hybridized carbons (Fsp3) is 0.333. The molecule has 0 aliphatic carbocycles. The van der Waals surface area contributed by atoms with Crippen molar-refractivity contribution in [3.63, 3.8) is 0 Å². The van der Waals surface area contributed by atoms with Crippen LogP contribution in [0, 0.1) is 0 Å². The number of aliphatic hydroxyl groups excluding tert-OH is 2. The summed E-state index contributed by atoms with van der Waals surface area (Å²) in [5.41, 5.74) is 21.2. The van der Waals surface area contributed by atoms with E-state index in [1.54, 1.807) is 0 Å². The number of hydrogen-bond donors (Lipinski definition) is 2. The van der Waals surface area contributed by atoms with Gasteiger partial charge in [0.15, 0.2) is 0 Å². The summed E-state index contributed by atoms with van der Waals surface area (Å²) < 4.78 is 1.43. The van der Waals surface area contributed by atoms with Gasteiger partial charge in [-0.15, -0.1) is 0 Å². The van der Waals surface area contributed by atoms with E-state index in [1.807, 2.05) is 60.7 Å². The maximum absolute atomic E-state index is 11.3. The molecule has 0 aromatic heterocycles. The summed E-state index contributed by atoms with van der Waals surface area (Å²) in [6.07, 6.45) is 12.4. The molecule has 4 nitrogen and oxygen atoms in total. The molecular weight excluding hydrogens is 671 g/mol. The Labute approximate surface area is 297 Å². The first-order valence-corrected chi connectivity index (χ1v) is 17.0. The van der Waals surface area contributed by atoms with Gasteiger partial charge in [-0.3, -0.25) is 0 Å². The van der Waals surface area contributed by atoms with E-state index in [2.05, 4.69) is 75.4 Å².